The van der Waals surface area contributed by atoms with Crippen LogP contribution in [0.15, 0.2) is 47.7 Å². The van der Waals surface area contributed by atoms with Gasteiger partial charge in [0.1, 0.15) is 17.5 Å². The summed E-state index contributed by atoms with van der Waals surface area (Å²) < 4.78 is 0. The monoisotopic (exact) mass is 310 g/mol. The van der Waals surface area contributed by atoms with Gasteiger partial charge in [-0.15, -0.1) is 0 Å². The summed E-state index contributed by atoms with van der Waals surface area (Å²) in [5.74, 6) is 0. The Morgan fingerprint density at radius 2 is 2.00 bits per heavy atom. The Bertz CT molecular complexity index is 980. The van der Waals surface area contributed by atoms with Crippen molar-refractivity contribution in [2.45, 2.75) is 0 Å². The molecule has 0 bridgehead atoms. The van der Waals surface area contributed by atoms with Crippen LogP contribution in [-0.4, -0.2) is 24.9 Å². The first kappa shape index (κ1) is 14.3. The van der Waals surface area contributed by atoms with Gasteiger partial charge in [0, 0.05) is 0 Å². The zero-order valence-corrected chi connectivity index (χ0v) is 11.6. The van der Waals surface area contributed by atoms with E-state index in [0.29, 0.717) is 0 Å². The molecule has 3 N–H and O–H groups in total. The Hall–Kier alpha value is -3.62. The van der Waals surface area contributed by atoms with Gasteiger partial charge in [-0.2, -0.15) is 0 Å². The second-order valence-corrected chi connectivity index (χ2v) is 4.56. The minimum Gasteiger partial charge on any atom is -0.391 e. The molecule has 0 spiro atoms. The van der Waals surface area contributed by atoms with Crippen LogP contribution in [0.25, 0.3) is 22.6 Å². The van der Waals surface area contributed by atoms with Gasteiger partial charge in [-0.3, -0.25) is 14.9 Å². The molecule has 0 amide bonds. The number of benzene rings is 1. The van der Waals surface area contributed by atoms with Gasteiger partial charge >= 0.3 is 5.70 Å². The molecule has 23 heavy (non-hydrogen) atoms. The number of aromatic nitrogens is 4. The van der Waals surface area contributed by atoms with E-state index in [2.05, 4.69) is 19.9 Å². The van der Waals surface area contributed by atoms with Gasteiger partial charge < -0.3 is 10.7 Å². The van der Waals surface area contributed by atoms with Crippen LogP contribution < -0.4 is 11.3 Å². The highest BCUT2D eigenvalue weighted by molar-refractivity contribution is 5.85. The molecule has 0 unspecified atom stereocenters. The molecule has 9 heteroatoms. The van der Waals surface area contributed by atoms with Gasteiger partial charge in [0.2, 0.25) is 0 Å². The highest BCUT2D eigenvalue weighted by Crippen LogP contribution is 2.21. The van der Waals surface area contributed by atoms with E-state index in [1.807, 2.05) is 0 Å². The van der Waals surface area contributed by atoms with Crippen molar-refractivity contribution in [1.82, 2.24) is 19.9 Å². The molecule has 1 aromatic carbocycles. The third kappa shape index (κ3) is 2.62. The normalized spacial score (nSPS) is 12.0. The number of fused-ring (bicyclic) bond motifs is 1. The third-order valence-electron chi connectivity index (χ3n) is 3.11. The quantitative estimate of drug-likeness (QED) is 0.537. The van der Waals surface area contributed by atoms with E-state index in [4.69, 9.17) is 5.73 Å². The first-order valence-electron chi connectivity index (χ1n) is 6.48. The van der Waals surface area contributed by atoms with Crippen LogP contribution in [0.5, 0.6) is 0 Å². The minimum atomic E-state index is -0.663. The van der Waals surface area contributed by atoms with Gasteiger partial charge in [-0.25, -0.2) is 15.0 Å². The molecule has 0 saturated carbocycles. The van der Waals surface area contributed by atoms with Crippen molar-refractivity contribution >= 4 is 22.6 Å². The molecule has 114 valence electrons. The van der Waals surface area contributed by atoms with E-state index in [1.165, 1.54) is 24.7 Å². The number of hydrogen-bond donors (Lipinski definition) is 2. The number of nitrogens with zero attached hydrogens (tertiary/aromatic N) is 4. The zero-order valence-electron chi connectivity index (χ0n) is 11.6. The van der Waals surface area contributed by atoms with Gasteiger partial charge in [-0.05, 0) is 12.1 Å². The highest BCUT2D eigenvalue weighted by Gasteiger charge is 2.23. The first-order valence-corrected chi connectivity index (χ1v) is 6.48. The predicted octanol–water partition coefficient (Wildman–Crippen LogP) is 0.774. The Kier molecular flexibility index (Phi) is 3.51. The van der Waals surface area contributed by atoms with Crippen LogP contribution in [-0.2, 0) is 0 Å². The molecular weight excluding hydrogens is 300 g/mol. The average molecular weight is 310 g/mol. The van der Waals surface area contributed by atoms with Crippen molar-refractivity contribution in [3.8, 4) is 0 Å². The van der Waals surface area contributed by atoms with E-state index in [-0.39, 0.29) is 33.8 Å². The van der Waals surface area contributed by atoms with Gasteiger partial charge in [0.05, 0.1) is 16.7 Å². The second-order valence-electron chi connectivity index (χ2n) is 4.56. The summed E-state index contributed by atoms with van der Waals surface area (Å²) in [6.45, 7) is 0. The van der Waals surface area contributed by atoms with Crippen LogP contribution in [0.2, 0.25) is 0 Å². The summed E-state index contributed by atoms with van der Waals surface area (Å²) in [7, 11) is 0. The molecule has 0 aliphatic rings. The van der Waals surface area contributed by atoms with E-state index < -0.39 is 10.5 Å². The van der Waals surface area contributed by atoms with E-state index in [9.17, 15) is 14.9 Å². The first-order chi connectivity index (χ1) is 11.1. The number of hydrogen-bond acceptors (Lipinski definition) is 7. The van der Waals surface area contributed by atoms with Crippen molar-refractivity contribution in [1.29, 1.82) is 0 Å². The van der Waals surface area contributed by atoms with Crippen LogP contribution >= 0.6 is 0 Å². The minimum absolute atomic E-state index is 0.226. The van der Waals surface area contributed by atoms with E-state index >= 15 is 0 Å². The number of nitrogens with two attached hydrogens (primary N) is 1. The van der Waals surface area contributed by atoms with Crippen LogP contribution in [0, 0.1) is 10.1 Å². The Morgan fingerprint density at radius 3 is 2.70 bits per heavy atom. The predicted molar refractivity (Wildman–Crippen MR) is 82.4 cm³/mol. The van der Waals surface area contributed by atoms with Crippen molar-refractivity contribution in [3.05, 3.63) is 74.6 Å². The lowest BCUT2D eigenvalue weighted by atomic mass is 10.1. The van der Waals surface area contributed by atoms with Gasteiger partial charge in [0.15, 0.2) is 11.3 Å². The van der Waals surface area contributed by atoms with Gasteiger partial charge in [0.25, 0.3) is 5.56 Å². The number of rotatable bonds is 3. The highest BCUT2D eigenvalue weighted by atomic mass is 16.6. The van der Waals surface area contributed by atoms with Crippen molar-refractivity contribution in [3.63, 3.8) is 0 Å². The summed E-state index contributed by atoms with van der Waals surface area (Å²) >= 11 is 0. The molecule has 2 aromatic heterocycles. The maximum Gasteiger partial charge on any atom is 0.301 e. The smallest absolute Gasteiger partial charge is 0.301 e. The summed E-state index contributed by atoms with van der Waals surface area (Å²) in [6, 6.07) is 8.05. The number of nitro groups is 1. The lowest BCUT2D eigenvalue weighted by molar-refractivity contribution is -0.374. The maximum atomic E-state index is 12.1. The summed E-state index contributed by atoms with van der Waals surface area (Å²) in [5.41, 5.74) is 5.04. The molecule has 0 atom stereocenters. The lowest BCUT2D eigenvalue weighted by Crippen LogP contribution is -2.20. The lowest BCUT2D eigenvalue weighted by Gasteiger charge is -2.05. The molecule has 0 aliphatic carbocycles. The van der Waals surface area contributed by atoms with Crippen molar-refractivity contribution in [2.24, 2.45) is 5.73 Å². The third-order valence-corrected chi connectivity index (χ3v) is 3.11. The molecule has 0 saturated heterocycles. The molecule has 3 aromatic rings. The largest absolute Gasteiger partial charge is 0.391 e. The maximum absolute atomic E-state index is 12.1. The fourth-order valence-corrected chi connectivity index (χ4v) is 2.09. The zero-order chi connectivity index (χ0) is 16.4. The number of H-pyrrole nitrogens is 1. The summed E-state index contributed by atoms with van der Waals surface area (Å²) in [5, 5.41) is 11.4. The van der Waals surface area contributed by atoms with E-state index in [0.717, 1.165) is 0 Å². The SMILES string of the molecule is N/C(=C(\c1ccccc1)[N+](=O)[O-])c1nc2cncnc2[nH]c1=O. The topological polar surface area (TPSA) is 141 Å². The molecule has 0 radical (unpaired) electrons. The van der Waals surface area contributed by atoms with Crippen LogP contribution in [0.4, 0.5) is 0 Å². The standard InChI is InChI=1S/C14H10N6O3/c15-10(12(20(22)23)8-4-2-1-3-5-8)11-14(21)19-13-9(18-11)6-16-7-17-13/h1-7H,15H2,(H,16,17,19,21)/b12-10+. The summed E-state index contributed by atoms with van der Waals surface area (Å²) in [6.07, 6.45) is 2.63. The number of nitrogens with one attached hydrogen (secondary N) is 1. The molecular formula is C14H10N6O3. The van der Waals surface area contributed by atoms with Gasteiger partial charge in [-0.1, -0.05) is 18.2 Å². The molecule has 2 heterocycles. The molecule has 0 fully saturated rings. The average Bonchev–Trinajstić information content (AvgIpc) is 2.55. The molecule has 0 aliphatic heterocycles. The Morgan fingerprint density at radius 1 is 1.26 bits per heavy atom. The van der Waals surface area contributed by atoms with Crippen LogP contribution in [0.3, 0.4) is 0 Å². The van der Waals surface area contributed by atoms with Crippen molar-refractivity contribution < 1.29 is 4.92 Å². The fourth-order valence-electron chi connectivity index (χ4n) is 2.09. The Labute approximate surface area is 128 Å². The van der Waals surface area contributed by atoms with E-state index in [1.54, 1.807) is 18.2 Å². The second kappa shape index (κ2) is 5.64. The fraction of sp³-hybridized carbons (Fsp3) is 0. The molecule has 3 rings (SSSR count). The molecule has 9 nitrogen and oxygen atoms in total. The van der Waals surface area contributed by atoms with Crippen LogP contribution in [0.1, 0.15) is 11.3 Å². The van der Waals surface area contributed by atoms with Crippen molar-refractivity contribution in [2.75, 3.05) is 0 Å². The summed E-state index contributed by atoms with van der Waals surface area (Å²) in [4.78, 5) is 37.1. The number of aromatic amines is 1. The Balaban J connectivity index is 2.28.